The lowest BCUT2D eigenvalue weighted by atomic mass is 10.1. The largest absolute Gasteiger partial charge is 0.744 e. The number of imidazole rings is 1. The van der Waals surface area contributed by atoms with Gasteiger partial charge in [-0.05, 0) is 30.5 Å². The number of nitrogens with zero attached hydrogens (tertiary/aromatic N) is 2. The fourth-order valence-corrected chi connectivity index (χ4v) is 3.67. The topological polar surface area (TPSA) is 66.0 Å². The number of rotatable bonds is 14. The Morgan fingerprint density at radius 1 is 0.935 bits per heavy atom. The van der Waals surface area contributed by atoms with Gasteiger partial charge >= 0.3 is 0 Å². The second-order valence-corrected chi connectivity index (χ2v) is 9.07. The van der Waals surface area contributed by atoms with E-state index >= 15 is 0 Å². The summed E-state index contributed by atoms with van der Waals surface area (Å²) in [5.74, 6) is 0. The first-order valence-corrected chi connectivity index (χ1v) is 12.7. The van der Waals surface area contributed by atoms with Crippen LogP contribution in [0.5, 0.6) is 0 Å². The van der Waals surface area contributed by atoms with Crippen molar-refractivity contribution < 1.29 is 17.5 Å². The van der Waals surface area contributed by atoms with E-state index in [0.29, 0.717) is 0 Å². The predicted molar refractivity (Wildman–Crippen MR) is 127 cm³/mol. The molecular weight excluding hydrogens is 408 g/mol. The molecule has 0 aliphatic heterocycles. The van der Waals surface area contributed by atoms with Crippen LogP contribution in [0.25, 0.3) is 12.3 Å². The summed E-state index contributed by atoms with van der Waals surface area (Å²) < 4.78 is 35.6. The molecule has 6 heteroatoms. The van der Waals surface area contributed by atoms with E-state index in [4.69, 9.17) is 0 Å². The molecule has 0 unspecified atom stereocenters. The van der Waals surface area contributed by atoms with Crippen LogP contribution in [0.15, 0.2) is 61.0 Å². The van der Waals surface area contributed by atoms with E-state index in [0.717, 1.165) is 12.1 Å². The van der Waals surface area contributed by atoms with Crippen molar-refractivity contribution >= 4 is 22.4 Å². The van der Waals surface area contributed by atoms with Gasteiger partial charge in [0.25, 0.3) is 0 Å². The third-order valence-corrected chi connectivity index (χ3v) is 5.95. The molecule has 2 aromatic rings. The Hall–Kier alpha value is -2.18. The number of aromatic nitrogens is 2. The van der Waals surface area contributed by atoms with Gasteiger partial charge in [0, 0.05) is 0 Å². The van der Waals surface area contributed by atoms with Crippen LogP contribution in [0, 0.1) is 0 Å². The van der Waals surface area contributed by atoms with Gasteiger partial charge in [0.2, 0.25) is 6.33 Å². The summed E-state index contributed by atoms with van der Waals surface area (Å²) in [6.07, 6.45) is 23.7. The van der Waals surface area contributed by atoms with E-state index in [2.05, 4.69) is 37.2 Å². The Bertz CT molecular complexity index is 855. The number of aryl methyl sites for hydroxylation is 1. The van der Waals surface area contributed by atoms with Crippen LogP contribution in [0.2, 0.25) is 0 Å². The molecule has 0 saturated heterocycles. The molecule has 172 valence electrons. The Kier molecular flexibility index (Phi) is 13.5. The first-order chi connectivity index (χ1) is 14.9. The highest BCUT2D eigenvalue weighted by Gasteiger charge is 2.00. The molecule has 0 aliphatic carbocycles. The molecule has 0 saturated carbocycles. The molecule has 0 bridgehead atoms. The summed E-state index contributed by atoms with van der Waals surface area (Å²) in [5.41, 5.74) is 0.780. The van der Waals surface area contributed by atoms with Gasteiger partial charge in [0.05, 0.1) is 17.6 Å². The molecule has 1 aromatic heterocycles. The Balaban J connectivity index is 0.000000343. The molecule has 0 N–H and O–H groups in total. The van der Waals surface area contributed by atoms with Crippen LogP contribution in [0.4, 0.5) is 0 Å². The molecule has 0 atom stereocenters. The summed E-state index contributed by atoms with van der Waals surface area (Å²) in [5, 5.41) is 0. The Labute approximate surface area is 188 Å². The zero-order valence-corrected chi connectivity index (χ0v) is 19.7. The van der Waals surface area contributed by atoms with Gasteiger partial charge < -0.3 is 4.55 Å². The highest BCUT2D eigenvalue weighted by molar-refractivity contribution is 7.85. The molecule has 0 fully saturated rings. The van der Waals surface area contributed by atoms with Crippen LogP contribution in [0.1, 0.15) is 76.7 Å². The lowest BCUT2D eigenvalue weighted by Gasteiger charge is -2.05. The van der Waals surface area contributed by atoms with E-state index in [1.54, 1.807) is 6.08 Å². The number of benzene rings is 1. The lowest BCUT2D eigenvalue weighted by Crippen LogP contribution is -2.30. The van der Waals surface area contributed by atoms with E-state index in [9.17, 15) is 13.0 Å². The Morgan fingerprint density at radius 2 is 1.48 bits per heavy atom. The third kappa shape index (κ3) is 12.3. The summed E-state index contributed by atoms with van der Waals surface area (Å²) in [4.78, 5) is -0.215. The van der Waals surface area contributed by atoms with Crippen molar-refractivity contribution in [2.24, 2.45) is 0 Å². The van der Waals surface area contributed by atoms with Gasteiger partial charge in [-0.3, -0.25) is 0 Å². The van der Waals surface area contributed by atoms with Crippen LogP contribution >= 0.6 is 0 Å². The van der Waals surface area contributed by atoms with Crippen LogP contribution in [0.3, 0.4) is 0 Å². The highest BCUT2D eigenvalue weighted by Crippen LogP contribution is 2.11. The van der Waals surface area contributed by atoms with Crippen LogP contribution in [-0.2, 0) is 16.7 Å². The third-order valence-electron chi connectivity index (χ3n) is 5.10. The van der Waals surface area contributed by atoms with Gasteiger partial charge in [0.15, 0.2) is 0 Å². The van der Waals surface area contributed by atoms with Crippen molar-refractivity contribution in [1.82, 2.24) is 4.57 Å². The fourth-order valence-electron chi connectivity index (χ4n) is 3.20. The number of unbranched alkanes of at least 4 members (excludes halogenated alkanes) is 9. The minimum atomic E-state index is -4.31. The zero-order chi connectivity index (χ0) is 23.0. The minimum absolute atomic E-state index is 0.215. The summed E-state index contributed by atoms with van der Waals surface area (Å²) in [6, 6.07) is 5.58. The summed E-state index contributed by atoms with van der Waals surface area (Å²) in [7, 11) is -4.31. The maximum absolute atomic E-state index is 10.5. The van der Waals surface area contributed by atoms with Crippen LogP contribution in [-0.4, -0.2) is 17.5 Å². The number of hydrogen-bond donors (Lipinski definition) is 0. The molecule has 2 rings (SSSR count). The molecular formula is C25H38N2O3S. The molecule has 1 aromatic carbocycles. The zero-order valence-electron chi connectivity index (χ0n) is 18.9. The first kappa shape index (κ1) is 26.9. The maximum atomic E-state index is 10.5. The summed E-state index contributed by atoms with van der Waals surface area (Å²) in [6.45, 7) is 10.7. The molecule has 0 amide bonds. The van der Waals surface area contributed by atoms with Crippen molar-refractivity contribution in [3.05, 3.63) is 61.7 Å². The first-order valence-electron chi connectivity index (χ1n) is 11.3. The smallest absolute Gasteiger partial charge is 0.248 e. The van der Waals surface area contributed by atoms with E-state index in [-0.39, 0.29) is 4.90 Å². The van der Waals surface area contributed by atoms with Crippen molar-refractivity contribution in [3.8, 4) is 0 Å². The maximum Gasteiger partial charge on any atom is 0.248 e. The minimum Gasteiger partial charge on any atom is -0.744 e. The quantitative estimate of drug-likeness (QED) is 0.202. The van der Waals surface area contributed by atoms with Gasteiger partial charge in [-0.15, -0.1) is 0 Å². The molecule has 31 heavy (non-hydrogen) atoms. The predicted octanol–water partition coefficient (Wildman–Crippen LogP) is 6.03. The molecule has 0 spiro atoms. The van der Waals surface area contributed by atoms with Crippen molar-refractivity contribution in [1.29, 1.82) is 0 Å². The normalized spacial score (nSPS) is 10.9. The van der Waals surface area contributed by atoms with Gasteiger partial charge in [0.1, 0.15) is 22.5 Å². The van der Waals surface area contributed by atoms with Crippen molar-refractivity contribution in [3.63, 3.8) is 0 Å². The van der Waals surface area contributed by atoms with Crippen molar-refractivity contribution in [2.75, 3.05) is 0 Å². The SMILES string of the molecule is C=Cc1ccc(S(=O)(=O)[O-])cc1.C=Cn1cc[n+](CCCCCCCCCCCC)c1. The fraction of sp³-hybridized carbons (Fsp3) is 0.480. The second-order valence-electron chi connectivity index (χ2n) is 7.69. The second kappa shape index (κ2) is 15.6. The van der Waals surface area contributed by atoms with Gasteiger partial charge in [-0.2, -0.15) is 0 Å². The highest BCUT2D eigenvalue weighted by atomic mass is 32.2. The molecule has 5 nitrogen and oxygen atoms in total. The average Bonchev–Trinajstić information content (AvgIpc) is 3.23. The van der Waals surface area contributed by atoms with Crippen LogP contribution < -0.4 is 4.57 Å². The van der Waals surface area contributed by atoms with Gasteiger partial charge in [-0.25, -0.2) is 17.6 Å². The standard InChI is InChI=1S/C17H31N2.C8H8O3S/c1-3-5-6-7-8-9-10-11-12-13-14-19-16-15-18(4-2)17-19;1-2-7-3-5-8(6-4-7)12(9,10)11/h4,15-17H,2-3,5-14H2,1H3;2-6H,1H2,(H,9,10,11)/q+1;/p-1. The van der Waals surface area contributed by atoms with Gasteiger partial charge in [-0.1, -0.05) is 89.7 Å². The Morgan fingerprint density at radius 3 is 1.94 bits per heavy atom. The molecule has 0 aliphatic rings. The lowest BCUT2D eigenvalue weighted by molar-refractivity contribution is -0.696. The summed E-state index contributed by atoms with van der Waals surface area (Å²) >= 11 is 0. The van der Waals surface area contributed by atoms with E-state index < -0.39 is 10.1 Å². The van der Waals surface area contributed by atoms with E-state index in [1.165, 1.54) is 88.5 Å². The van der Waals surface area contributed by atoms with E-state index in [1.807, 2.05) is 17.0 Å². The number of hydrogen-bond acceptors (Lipinski definition) is 3. The molecule has 0 radical (unpaired) electrons. The van der Waals surface area contributed by atoms with Crippen molar-refractivity contribution in [2.45, 2.75) is 82.6 Å². The monoisotopic (exact) mass is 446 g/mol. The molecule has 1 heterocycles. The average molecular weight is 447 g/mol.